The van der Waals surface area contributed by atoms with E-state index in [9.17, 15) is 8.78 Å². The quantitative estimate of drug-likeness (QED) is 0.673. The second-order valence-electron chi connectivity index (χ2n) is 4.89. The topological polar surface area (TPSA) is 0 Å². The second-order valence-corrected chi connectivity index (χ2v) is 5.81. The van der Waals surface area contributed by atoms with Crippen LogP contribution in [0.4, 0.5) is 8.78 Å². The highest BCUT2D eigenvalue weighted by molar-refractivity contribution is 9.09. The van der Waals surface area contributed by atoms with Gasteiger partial charge in [0.25, 0.3) is 0 Å². The molecule has 0 aliphatic heterocycles. The molecule has 1 atom stereocenters. The van der Waals surface area contributed by atoms with E-state index in [0.717, 1.165) is 18.9 Å². The summed E-state index contributed by atoms with van der Waals surface area (Å²) < 4.78 is 26.8. The third kappa shape index (κ3) is 2.15. The molecule has 0 radical (unpaired) electrons. The van der Waals surface area contributed by atoms with Gasteiger partial charge in [0.2, 0.25) is 0 Å². The fourth-order valence-electron chi connectivity index (χ4n) is 2.52. The van der Waals surface area contributed by atoms with Crippen molar-refractivity contribution in [3.05, 3.63) is 35.4 Å². The Morgan fingerprint density at radius 2 is 1.88 bits per heavy atom. The van der Waals surface area contributed by atoms with Crippen molar-refractivity contribution in [2.75, 3.05) is 0 Å². The Morgan fingerprint density at radius 1 is 1.25 bits per heavy atom. The molecule has 0 aromatic heterocycles. The Bertz CT molecular complexity index is 384. The summed E-state index contributed by atoms with van der Waals surface area (Å²) in [6.07, 6.45) is 4.49. The molecule has 1 unspecified atom stereocenters. The van der Waals surface area contributed by atoms with Crippen molar-refractivity contribution in [3.8, 4) is 0 Å². The predicted octanol–water partition coefficient (Wildman–Crippen LogP) is 4.98. The molecule has 2 rings (SSSR count). The van der Waals surface area contributed by atoms with Crippen LogP contribution in [0.5, 0.6) is 0 Å². The number of hydrogen-bond donors (Lipinski definition) is 0. The fraction of sp³-hybridized carbons (Fsp3) is 0.538. The molecule has 88 valence electrons. The van der Waals surface area contributed by atoms with E-state index in [1.54, 1.807) is 0 Å². The summed E-state index contributed by atoms with van der Waals surface area (Å²) in [5, 5.41) is 0. The molecule has 0 amide bonds. The van der Waals surface area contributed by atoms with Gasteiger partial charge in [-0.1, -0.05) is 35.7 Å². The van der Waals surface area contributed by atoms with Gasteiger partial charge < -0.3 is 0 Å². The first-order chi connectivity index (χ1) is 7.53. The number of hydrogen-bond acceptors (Lipinski definition) is 0. The Labute approximate surface area is 103 Å². The molecule has 0 heterocycles. The Kier molecular flexibility index (Phi) is 3.34. The van der Waals surface area contributed by atoms with E-state index in [1.807, 2.05) is 0 Å². The first-order valence-corrected chi connectivity index (χ1v) is 6.53. The van der Waals surface area contributed by atoms with E-state index >= 15 is 0 Å². The maximum absolute atomic E-state index is 13.6. The zero-order chi connectivity index (χ0) is 11.8. The zero-order valence-corrected chi connectivity index (χ0v) is 10.9. The summed E-state index contributed by atoms with van der Waals surface area (Å²) in [5.41, 5.74) is 0.499. The van der Waals surface area contributed by atoms with Crippen LogP contribution >= 0.6 is 15.9 Å². The summed E-state index contributed by atoms with van der Waals surface area (Å²) in [6.45, 7) is 2.14. The SMILES string of the molecule is CC1(C(Br)c2cc(F)ccc2F)CCCC1. The average Bonchev–Trinajstić information content (AvgIpc) is 2.69. The molecule has 1 aliphatic rings. The van der Waals surface area contributed by atoms with Crippen LogP contribution in [0.25, 0.3) is 0 Å². The van der Waals surface area contributed by atoms with Gasteiger partial charge in [0, 0.05) is 10.4 Å². The molecule has 1 aromatic rings. The van der Waals surface area contributed by atoms with Gasteiger partial charge in [-0.25, -0.2) is 8.78 Å². The number of benzene rings is 1. The van der Waals surface area contributed by atoms with Crippen molar-refractivity contribution in [1.82, 2.24) is 0 Å². The second kappa shape index (κ2) is 4.44. The largest absolute Gasteiger partial charge is 0.207 e. The van der Waals surface area contributed by atoms with Crippen molar-refractivity contribution in [2.24, 2.45) is 5.41 Å². The molecule has 0 nitrogen and oxygen atoms in total. The van der Waals surface area contributed by atoms with Crippen LogP contribution in [0, 0.1) is 17.0 Å². The van der Waals surface area contributed by atoms with Crippen LogP contribution in [0.1, 0.15) is 43.0 Å². The van der Waals surface area contributed by atoms with Crippen LogP contribution in [0.2, 0.25) is 0 Å². The van der Waals surface area contributed by atoms with Gasteiger partial charge in [-0.05, 0) is 36.5 Å². The minimum atomic E-state index is -0.373. The predicted molar refractivity (Wildman–Crippen MR) is 64.6 cm³/mol. The van der Waals surface area contributed by atoms with Crippen molar-refractivity contribution in [2.45, 2.75) is 37.4 Å². The molecule has 1 fully saturated rings. The standard InChI is InChI=1S/C13H15BrF2/c1-13(6-2-3-7-13)12(14)10-8-9(15)4-5-11(10)16/h4-5,8,12H,2-3,6-7H2,1H3. The van der Waals surface area contributed by atoms with E-state index in [1.165, 1.54) is 25.0 Å². The third-order valence-electron chi connectivity index (χ3n) is 3.59. The van der Waals surface area contributed by atoms with Gasteiger partial charge >= 0.3 is 0 Å². The molecule has 1 aromatic carbocycles. The van der Waals surface area contributed by atoms with Crippen molar-refractivity contribution < 1.29 is 8.78 Å². The summed E-state index contributed by atoms with van der Waals surface area (Å²) in [4.78, 5) is -0.0989. The van der Waals surface area contributed by atoms with Gasteiger partial charge in [0.05, 0.1) is 0 Å². The lowest BCUT2D eigenvalue weighted by Gasteiger charge is -2.30. The number of halogens is 3. The first kappa shape index (κ1) is 12.0. The van der Waals surface area contributed by atoms with Crippen LogP contribution < -0.4 is 0 Å². The van der Waals surface area contributed by atoms with E-state index < -0.39 is 0 Å². The van der Waals surface area contributed by atoms with Crippen LogP contribution in [-0.4, -0.2) is 0 Å². The minimum absolute atomic E-state index is 0.0502. The molecule has 0 N–H and O–H groups in total. The molecule has 0 spiro atoms. The van der Waals surface area contributed by atoms with Crippen molar-refractivity contribution >= 4 is 15.9 Å². The van der Waals surface area contributed by atoms with Gasteiger partial charge in [0.15, 0.2) is 0 Å². The van der Waals surface area contributed by atoms with E-state index in [-0.39, 0.29) is 21.9 Å². The highest BCUT2D eigenvalue weighted by Gasteiger charge is 2.37. The summed E-state index contributed by atoms with van der Waals surface area (Å²) in [7, 11) is 0. The van der Waals surface area contributed by atoms with Crippen molar-refractivity contribution in [3.63, 3.8) is 0 Å². The third-order valence-corrected chi connectivity index (χ3v) is 5.19. The van der Waals surface area contributed by atoms with Gasteiger partial charge in [0.1, 0.15) is 11.6 Å². The van der Waals surface area contributed by atoms with E-state index in [0.29, 0.717) is 5.56 Å². The smallest absolute Gasteiger partial charge is 0.127 e. The molecule has 1 aliphatic carbocycles. The number of rotatable bonds is 2. The zero-order valence-electron chi connectivity index (χ0n) is 9.27. The lowest BCUT2D eigenvalue weighted by atomic mass is 9.82. The number of alkyl halides is 1. The highest BCUT2D eigenvalue weighted by atomic mass is 79.9. The van der Waals surface area contributed by atoms with Gasteiger partial charge in [-0.2, -0.15) is 0 Å². The van der Waals surface area contributed by atoms with Crippen LogP contribution in [0.15, 0.2) is 18.2 Å². The normalized spacial score (nSPS) is 21.0. The first-order valence-electron chi connectivity index (χ1n) is 5.62. The Hall–Kier alpha value is -0.440. The molecule has 0 bridgehead atoms. The maximum Gasteiger partial charge on any atom is 0.127 e. The summed E-state index contributed by atoms with van der Waals surface area (Å²) >= 11 is 3.55. The average molecular weight is 289 g/mol. The lowest BCUT2D eigenvalue weighted by Crippen LogP contribution is -2.18. The van der Waals surface area contributed by atoms with Gasteiger partial charge in [-0.15, -0.1) is 0 Å². The van der Waals surface area contributed by atoms with Gasteiger partial charge in [-0.3, -0.25) is 0 Å². The monoisotopic (exact) mass is 288 g/mol. The highest BCUT2D eigenvalue weighted by Crippen LogP contribution is 2.51. The molecule has 3 heteroatoms. The summed E-state index contributed by atoms with van der Waals surface area (Å²) in [6, 6.07) is 3.67. The molecular formula is C13H15BrF2. The van der Waals surface area contributed by atoms with E-state index in [4.69, 9.17) is 0 Å². The molecule has 1 saturated carbocycles. The lowest BCUT2D eigenvalue weighted by molar-refractivity contribution is 0.325. The molecular weight excluding hydrogens is 274 g/mol. The Balaban J connectivity index is 2.32. The molecule has 16 heavy (non-hydrogen) atoms. The maximum atomic E-state index is 13.6. The van der Waals surface area contributed by atoms with Crippen LogP contribution in [0.3, 0.4) is 0 Å². The minimum Gasteiger partial charge on any atom is -0.207 e. The molecule has 0 saturated heterocycles. The van der Waals surface area contributed by atoms with E-state index in [2.05, 4.69) is 22.9 Å². The fourth-order valence-corrected chi connectivity index (χ4v) is 3.33. The van der Waals surface area contributed by atoms with Crippen molar-refractivity contribution in [1.29, 1.82) is 0 Å². The van der Waals surface area contributed by atoms with Crippen LogP contribution in [-0.2, 0) is 0 Å². The summed E-state index contributed by atoms with van der Waals surface area (Å²) in [5.74, 6) is -0.696. The Morgan fingerprint density at radius 3 is 2.50 bits per heavy atom.